The van der Waals surface area contributed by atoms with Crippen molar-refractivity contribution in [2.45, 2.75) is 19.3 Å². The van der Waals surface area contributed by atoms with Crippen molar-refractivity contribution in [3.63, 3.8) is 0 Å². The average Bonchev–Trinajstić information content (AvgIpc) is 2.51. The summed E-state index contributed by atoms with van der Waals surface area (Å²) in [4.78, 5) is 10.7. The average molecular weight is 155 g/mol. The third-order valence-electron chi connectivity index (χ3n) is 1.62. The summed E-state index contributed by atoms with van der Waals surface area (Å²) in [7, 11) is 0. The molecule has 0 unspecified atom stereocenters. The predicted molar refractivity (Wildman–Crippen MR) is 42.3 cm³/mol. The van der Waals surface area contributed by atoms with Crippen LogP contribution in [0.4, 0.5) is 0 Å². The van der Waals surface area contributed by atoms with Crippen LogP contribution in [0.2, 0.25) is 0 Å². The highest BCUT2D eigenvalue weighted by Gasteiger charge is 2.20. The van der Waals surface area contributed by atoms with E-state index in [4.69, 9.17) is 4.11 Å². The van der Waals surface area contributed by atoms with Crippen LogP contribution in [-0.4, -0.2) is 16.1 Å². The minimum Gasteiger partial charge on any atom is -0.302 e. The van der Waals surface area contributed by atoms with Gasteiger partial charge in [0, 0.05) is 28.3 Å². The molecule has 0 atom stereocenters. The van der Waals surface area contributed by atoms with E-state index in [0.29, 0.717) is 5.56 Å². The number of aldehydes is 1. The predicted octanol–water partition coefficient (Wildman–Crippen LogP) is 0.897. The lowest BCUT2D eigenvalue weighted by molar-refractivity contribution is -0.111. The molecule has 0 fully saturated rings. The van der Waals surface area contributed by atoms with E-state index in [1.807, 2.05) is 0 Å². The molecule has 1 aromatic rings. The largest absolute Gasteiger partial charge is 0.302 e. The Kier molecular flexibility index (Phi) is 1.06. The smallest absolute Gasteiger partial charge is 0.130 e. The first-order valence-electron chi connectivity index (χ1n) is 4.79. The first-order valence-corrected chi connectivity index (χ1v) is 3.29. The number of nitrogens with zero attached hydrogens (tertiary/aromatic N) is 2. The van der Waals surface area contributed by atoms with Gasteiger partial charge < -0.3 is 4.79 Å². The van der Waals surface area contributed by atoms with Gasteiger partial charge in [0.2, 0.25) is 0 Å². The van der Waals surface area contributed by atoms with Crippen molar-refractivity contribution in [1.29, 1.82) is 0 Å². The molecule has 0 radical (unpaired) electrons. The molecule has 0 aliphatic rings. The van der Waals surface area contributed by atoms with Crippen molar-refractivity contribution in [3.8, 4) is 0 Å². The maximum Gasteiger partial charge on any atom is 0.130 e. The standard InChI is InChI=1S/C8H12N2O/c1-8(2,6-11)7-4-9-10(3)5-7/h4-6H,1-3H3/i3D3. The van der Waals surface area contributed by atoms with E-state index in [9.17, 15) is 4.79 Å². The van der Waals surface area contributed by atoms with Gasteiger partial charge in [0.05, 0.1) is 6.20 Å². The van der Waals surface area contributed by atoms with Gasteiger partial charge in [-0.25, -0.2) is 0 Å². The summed E-state index contributed by atoms with van der Waals surface area (Å²) in [6, 6.07) is 0. The fourth-order valence-corrected chi connectivity index (χ4v) is 0.724. The van der Waals surface area contributed by atoms with E-state index >= 15 is 0 Å². The van der Waals surface area contributed by atoms with Gasteiger partial charge in [-0.3, -0.25) is 4.68 Å². The van der Waals surface area contributed by atoms with E-state index in [2.05, 4.69) is 5.10 Å². The first kappa shape index (κ1) is 4.70. The summed E-state index contributed by atoms with van der Waals surface area (Å²) in [6.07, 6.45) is 3.55. The minimum atomic E-state index is -2.28. The van der Waals surface area contributed by atoms with Gasteiger partial charge in [0.25, 0.3) is 0 Å². The lowest BCUT2D eigenvalue weighted by atomic mass is 9.89. The number of hydrogen-bond donors (Lipinski definition) is 0. The lowest BCUT2D eigenvalue weighted by Gasteiger charge is -2.12. The molecule has 0 bridgehead atoms. The zero-order valence-electron chi connectivity index (χ0n) is 9.53. The Morgan fingerprint density at radius 3 is 3.00 bits per heavy atom. The number of carbonyl (C=O) groups is 1. The van der Waals surface area contributed by atoms with Crippen LogP contribution < -0.4 is 0 Å². The number of carbonyl (C=O) groups excluding carboxylic acids is 1. The van der Waals surface area contributed by atoms with Crippen LogP contribution in [0, 0.1) is 0 Å². The molecule has 60 valence electrons. The zero-order valence-corrected chi connectivity index (χ0v) is 6.53. The summed E-state index contributed by atoms with van der Waals surface area (Å²) in [5.74, 6) is 0. The van der Waals surface area contributed by atoms with Crippen LogP contribution in [-0.2, 0) is 17.2 Å². The van der Waals surface area contributed by atoms with Gasteiger partial charge in [0.1, 0.15) is 6.29 Å². The highest BCUT2D eigenvalue weighted by Crippen LogP contribution is 2.18. The molecule has 0 aromatic carbocycles. The van der Waals surface area contributed by atoms with Crippen molar-refractivity contribution in [2.75, 3.05) is 0 Å². The Morgan fingerprint density at radius 2 is 2.55 bits per heavy atom. The van der Waals surface area contributed by atoms with Crippen LogP contribution >= 0.6 is 0 Å². The lowest BCUT2D eigenvalue weighted by Crippen LogP contribution is -2.17. The SMILES string of the molecule is [2H]C([2H])([2H])n1cc(C(C)(C)C=O)cn1. The van der Waals surface area contributed by atoms with Gasteiger partial charge in [-0.2, -0.15) is 5.10 Å². The molecule has 0 aliphatic carbocycles. The fraction of sp³-hybridized carbons (Fsp3) is 0.500. The van der Waals surface area contributed by atoms with Crippen LogP contribution in [0.1, 0.15) is 23.5 Å². The monoisotopic (exact) mass is 155 g/mol. The zero-order chi connectivity index (χ0) is 11.0. The van der Waals surface area contributed by atoms with Crippen molar-refractivity contribution < 1.29 is 8.91 Å². The Labute approximate surface area is 70.2 Å². The second kappa shape index (κ2) is 2.49. The molecule has 0 aliphatic heterocycles. The van der Waals surface area contributed by atoms with Crippen LogP contribution in [0.3, 0.4) is 0 Å². The summed E-state index contributed by atoms with van der Waals surface area (Å²) >= 11 is 0. The second-order valence-electron chi connectivity index (χ2n) is 3.01. The van der Waals surface area contributed by atoms with Gasteiger partial charge in [-0.1, -0.05) is 0 Å². The summed E-state index contributed by atoms with van der Waals surface area (Å²) in [5, 5.41) is 3.70. The molecule has 0 saturated heterocycles. The van der Waals surface area contributed by atoms with E-state index in [0.717, 1.165) is 11.0 Å². The van der Waals surface area contributed by atoms with E-state index < -0.39 is 12.4 Å². The number of rotatable bonds is 2. The molecule has 3 heteroatoms. The number of hydrogen-bond acceptors (Lipinski definition) is 2. The maximum absolute atomic E-state index is 10.7. The third-order valence-corrected chi connectivity index (χ3v) is 1.62. The fourth-order valence-electron chi connectivity index (χ4n) is 0.724. The Hall–Kier alpha value is -1.12. The summed E-state index contributed by atoms with van der Waals surface area (Å²) in [6.45, 7) is 1.14. The Bertz CT molecular complexity index is 341. The van der Waals surface area contributed by atoms with Gasteiger partial charge in [-0.15, -0.1) is 0 Å². The maximum atomic E-state index is 10.7. The van der Waals surface area contributed by atoms with Crippen molar-refractivity contribution in [3.05, 3.63) is 18.0 Å². The van der Waals surface area contributed by atoms with Gasteiger partial charge in [-0.05, 0) is 13.8 Å². The highest BCUT2D eigenvalue weighted by atomic mass is 16.1. The number of aromatic nitrogens is 2. The minimum absolute atomic E-state index is 0.601. The Morgan fingerprint density at radius 1 is 1.82 bits per heavy atom. The van der Waals surface area contributed by atoms with Gasteiger partial charge >= 0.3 is 0 Å². The molecule has 11 heavy (non-hydrogen) atoms. The topological polar surface area (TPSA) is 34.9 Å². The molecule has 1 rings (SSSR count). The molecule has 1 aromatic heterocycles. The number of aryl methyl sites for hydroxylation is 1. The van der Waals surface area contributed by atoms with Gasteiger partial charge in [0.15, 0.2) is 0 Å². The van der Waals surface area contributed by atoms with E-state index in [-0.39, 0.29) is 0 Å². The molecule has 0 spiro atoms. The van der Waals surface area contributed by atoms with E-state index in [1.165, 1.54) is 12.4 Å². The molecular weight excluding hydrogens is 140 g/mol. The van der Waals surface area contributed by atoms with Crippen LogP contribution in [0.25, 0.3) is 0 Å². The summed E-state index contributed by atoms with van der Waals surface area (Å²) < 4.78 is 22.2. The molecule has 0 N–H and O–H groups in total. The highest BCUT2D eigenvalue weighted by molar-refractivity contribution is 5.66. The summed E-state index contributed by atoms with van der Waals surface area (Å²) in [5.41, 5.74) is -0.0904. The third kappa shape index (κ3) is 1.48. The molecular formula is C8H12N2O. The van der Waals surface area contributed by atoms with Crippen molar-refractivity contribution in [2.24, 2.45) is 6.98 Å². The van der Waals surface area contributed by atoms with Crippen molar-refractivity contribution in [1.82, 2.24) is 9.78 Å². The molecule has 3 nitrogen and oxygen atoms in total. The second-order valence-corrected chi connectivity index (χ2v) is 3.01. The first-order chi connectivity index (χ1) is 6.27. The van der Waals surface area contributed by atoms with Crippen LogP contribution in [0.15, 0.2) is 12.4 Å². The molecule has 0 amide bonds. The van der Waals surface area contributed by atoms with E-state index in [1.54, 1.807) is 13.8 Å². The van der Waals surface area contributed by atoms with Crippen molar-refractivity contribution >= 4 is 6.29 Å². The molecule has 1 heterocycles. The Balaban J connectivity index is 3.06. The normalized spacial score (nSPS) is 16.7. The molecule has 0 saturated carbocycles. The quantitative estimate of drug-likeness (QED) is 0.595. The van der Waals surface area contributed by atoms with Crippen LogP contribution in [0.5, 0.6) is 0 Å².